The molecule has 5 heteroatoms. The second-order valence-corrected chi connectivity index (χ2v) is 15.0. The minimum Gasteiger partial charge on any atom is -0.341 e. The predicted molar refractivity (Wildman–Crippen MR) is 202 cm³/mol. The minimum absolute atomic E-state index is 0.217. The maximum absolute atomic E-state index is 14.4. The highest BCUT2D eigenvalue weighted by molar-refractivity contribution is 7.52. The highest BCUT2D eigenvalue weighted by Crippen LogP contribution is 2.45. The molecule has 1 nitrogen and oxygen atoms in total. The van der Waals surface area contributed by atoms with E-state index in [4.69, 9.17) is 0 Å². The second kappa shape index (κ2) is 13.9. The Morgan fingerprint density at radius 2 is 1.46 bits per heavy atom. The fraction of sp³-hybridized carbons (Fsp3) is 0.302. The van der Waals surface area contributed by atoms with Gasteiger partial charge in [0.2, 0.25) is 0 Å². The van der Waals surface area contributed by atoms with Crippen molar-refractivity contribution < 1.29 is 13.2 Å². The number of hydrogen-bond donors (Lipinski definition) is 0. The van der Waals surface area contributed by atoms with Gasteiger partial charge in [0.05, 0.1) is 0 Å². The van der Waals surface area contributed by atoms with Crippen LogP contribution in [0.15, 0.2) is 96.3 Å². The van der Waals surface area contributed by atoms with E-state index in [1.54, 1.807) is 30.3 Å². The van der Waals surface area contributed by atoms with Gasteiger partial charge in [0, 0.05) is 17.9 Å². The normalized spacial score (nSPS) is 15.7. The molecular weight excluding hydrogens is 618 g/mol. The summed E-state index contributed by atoms with van der Waals surface area (Å²) in [5.41, 5.74) is 14.0. The summed E-state index contributed by atoms with van der Waals surface area (Å²) in [6.07, 6.45) is -1.38. The monoisotopic (exact) mass is 665 g/mol. The van der Waals surface area contributed by atoms with Crippen LogP contribution in [0, 0.1) is 41.5 Å². The largest absolute Gasteiger partial charge is 0.399 e. The van der Waals surface area contributed by atoms with E-state index in [0.29, 0.717) is 0 Å². The van der Waals surface area contributed by atoms with Gasteiger partial charge in [0.15, 0.2) is 0 Å². The molecule has 0 saturated carbocycles. The third kappa shape index (κ3) is 7.25. The van der Waals surface area contributed by atoms with Crippen LogP contribution >= 0.6 is 8.58 Å². The van der Waals surface area contributed by atoms with Crippen molar-refractivity contribution in [1.82, 2.24) is 0 Å². The summed E-state index contributed by atoms with van der Waals surface area (Å²) in [6.45, 7) is 26.5. The van der Waals surface area contributed by atoms with Gasteiger partial charge < -0.3 is 4.90 Å². The van der Waals surface area contributed by atoms with Crippen LogP contribution in [-0.2, 0) is 0 Å². The Morgan fingerprint density at radius 3 is 2.04 bits per heavy atom. The summed E-state index contributed by atoms with van der Waals surface area (Å²) in [7, 11) is 0.217. The van der Waals surface area contributed by atoms with Gasteiger partial charge in [-0.05, 0) is 151 Å². The maximum Gasteiger partial charge on any atom is 0.399 e. The lowest BCUT2D eigenvalue weighted by molar-refractivity contribution is -0.141. The average Bonchev–Trinajstić information content (AvgIpc) is 3.12. The van der Waals surface area contributed by atoms with Gasteiger partial charge in [-0.1, -0.05) is 88.8 Å². The third-order valence-electron chi connectivity index (χ3n) is 9.75. The Bertz CT molecular complexity index is 1910. The fourth-order valence-electron chi connectivity index (χ4n) is 7.25. The number of alkyl halides is 3. The SMILES string of the molecule is C=C1CC(C)c2cc(N(CC)c3c(C)cc(C)cc3C)ccc2C=C1C(=C)Pc1ccc(C(c2ccc(C)c(C)c2)C(F)(F)F)cc1C. The molecule has 3 unspecified atom stereocenters. The Hall–Kier alpha value is -3.88. The van der Waals surface area contributed by atoms with E-state index < -0.39 is 12.1 Å². The summed E-state index contributed by atoms with van der Waals surface area (Å²) in [5, 5.41) is 1.94. The topological polar surface area (TPSA) is 3.24 Å². The van der Waals surface area contributed by atoms with E-state index >= 15 is 0 Å². The van der Waals surface area contributed by atoms with E-state index in [-0.39, 0.29) is 25.6 Å². The van der Waals surface area contributed by atoms with Gasteiger partial charge in [-0.3, -0.25) is 0 Å². The van der Waals surface area contributed by atoms with Gasteiger partial charge in [0.1, 0.15) is 5.92 Å². The molecule has 0 bridgehead atoms. The first kappa shape index (κ1) is 35.4. The van der Waals surface area contributed by atoms with Crippen LogP contribution in [0.25, 0.3) is 6.08 Å². The smallest absolute Gasteiger partial charge is 0.341 e. The molecule has 4 aromatic carbocycles. The van der Waals surface area contributed by atoms with Crippen LogP contribution in [0.5, 0.6) is 0 Å². The Morgan fingerprint density at radius 1 is 0.833 bits per heavy atom. The molecule has 5 rings (SSSR count). The minimum atomic E-state index is -4.40. The first-order valence-electron chi connectivity index (χ1n) is 16.7. The van der Waals surface area contributed by atoms with E-state index in [1.807, 2.05) is 26.8 Å². The number of anilines is 2. The van der Waals surface area contributed by atoms with Crippen LogP contribution in [0.4, 0.5) is 24.5 Å². The van der Waals surface area contributed by atoms with Gasteiger partial charge in [-0.25, -0.2) is 0 Å². The van der Waals surface area contributed by atoms with Gasteiger partial charge in [-0.15, -0.1) is 0 Å². The molecule has 3 atom stereocenters. The number of fused-ring (bicyclic) bond motifs is 1. The van der Waals surface area contributed by atoms with Gasteiger partial charge in [-0.2, -0.15) is 13.2 Å². The molecule has 1 aliphatic rings. The summed E-state index contributed by atoms with van der Waals surface area (Å²) in [6, 6.07) is 21.5. The standard InChI is InChI=1S/C43H47F3NP/c1-11-47(42-31(8)18-25(2)19-32(42)9)37-16-14-34-23-38(28(5)20-29(6)39(34)24-37)33(10)48-40-17-15-36(22-30(40)7)41(43(44,45)46)35-13-12-26(3)27(4)21-35/h12-19,21-24,29,41,48H,5,10-11,20H2,1-4,6-9H3. The molecule has 250 valence electrons. The van der Waals surface area contributed by atoms with Crippen molar-refractivity contribution in [2.24, 2.45) is 0 Å². The molecule has 0 heterocycles. The quantitative estimate of drug-likeness (QED) is 0.169. The van der Waals surface area contributed by atoms with Crippen LogP contribution in [-0.4, -0.2) is 12.7 Å². The molecule has 0 fully saturated rings. The number of benzene rings is 4. The second-order valence-electron chi connectivity index (χ2n) is 13.6. The number of aryl methyl sites for hydroxylation is 6. The summed E-state index contributed by atoms with van der Waals surface area (Å²) < 4.78 is 43.3. The number of halogens is 3. The van der Waals surface area contributed by atoms with E-state index in [1.165, 1.54) is 33.6 Å². The lowest BCUT2D eigenvalue weighted by atomic mass is 9.88. The van der Waals surface area contributed by atoms with Crippen LogP contribution in [0.1, 0.15) is 87.7 Å². The van der Waals surface area contributed by atoms with Crippen molar-refractivity contribution >= 4 is 31.3 Å². The molecule has 48 heavy (non-hydrogen) atoms. The van der Waals surface area contributed by atoms with Crippen LogP contribution in [0.2, 0.25) is 0 Å². The number of rotatable bonds is 8. The van der Waals surface area contributed by atoms with Crippen LogP contribution < -0.4 is 10.2 Å². The zero-order chi connectivity index (χ0) is 35.1. The first-order valence-corrected chi connectivity index (χ1v) is 17.7. The van der Waals surface area contributed by atoms with Crippen molar-refractivity contribution in [2.45, 2.75) is 79.8 Å². The molecule has 0 spiro atoms. The molecule has 4 aromatic rings. The molecular formula is C43H47F3NP. The van der Waals surface area contributed by atoms with Gasteiger partial charge >= 0.3 is 6.18 Å². The summed E-state index contributed by atoms with van der Waals surface area (Å²) >= 11 is 0. The first-order chi connectivity index (χ1) is 22.6. The summed E-state index contributed by atoms with van der Waals surface area (Å²) in [5.74, 6) is -1.41. The Balaban J connectivity index is 1.44. The van der Waals surface area contributed by atoms with Crippen molar-refractivity contribution in [3.63, 3.8) is 0 Å². The van der Waals surface area contributed by atoms with Crippen LogP contribution in [0.3, 0.4) is 0 Å². The third-order valence-corrected chi connectivity index (χ3v) is 11.2. The molecule has 0 amide bonds. The molecule has 0 aliphatic heterocycles. The van der Waals surface area contributed by atoms with Crippen molar-refractivity contribution in [1.29, 1.82) is 0 Å². The number of allylic oxidation sites excluding steroid dienone is 3. The molecule has 0 N–H and O–H groups in total. The number of nitrogens with zero attached hydrogens (tertiary/aromatic N) is 1. The molecule has 1 aliphatic carbocycles. The fourth-order valence-corrected chi connectivity index (χ4v) is 8.40. The van der Waals surface area contributed by atoms with E-state index in [9.17, 15) is 13.2 Å². The summed E-state index contributed by atoms with van der Waals surface area (Å²) in [4.78, 5) is 2.40. The van der Waals surface area contributed by atoms with Gasteiger partial charge in [0.25, 0.3) is 0 Å². The van der Waals surface area contributed by atoms with E-state index in [0.717, 1.165) is 57.0 Å². The highest BCUT2D eigenvalue weighted by atomic mass is 31.1. The predicted octanol–water partition coefficient (Wildman–Crippen LogP) is 12.4. The van der Waals surface area contributed by atoms with Crippen molar-refractivity contribution in [2.75, 3.05) is 11.4 Å². The zero-order valence-corrected chi connectivity index (χ0v) is 30.5. The van der Waals surface area contributed by atoms with E-state index in [2.05, 4.69) is 89.1 Å². The van der Waals surface area contributed by atoms with Crippen molar-refractivity contribution in [3.8, 4) is 0 Å². The maximum atomic E-state index is 14.4. The number of hydrogen-bond acceptors (Lipinski definition) is 1. The molecule has 0 saturated heterocycles. The lowest BCUT2D eigenvalue weighted by Crippen LogP contribution is -2.23. The molecule has 0 radical (unpaired) electrons. The lowest BCUT2D eigenvalue weighted by Gasteiger charge is -2.28. The highest BCUT2D eigenvalue weighted by Gasteiger charge is 2.42. The molecule has 0 aromatic heterocycles. The Labute approximate surface area is 287 Å². The Kier molecular flexibility index (Phi) is 10.3. The zero-order valence-electron chi connectivity index (χ0n) is 29.5. The van der Waals surface area contributed by atoms with Crippen molar-refractivity contribution in [3.05, 3.63) is 152 Å². The average molecular weight is 666 g/mol.